The average molecular weight is 376 g/mol. The predicted molar refractivity (Wildman–Crippen MR) is 111 cm³/mol. The number of nitrogen functional groups attached to an aromatic ring is 1. The zero-order chi connectivity index (χ0) is 20.5. The molecule has 0 aliphatic heterocycles. The Morgan fingerprint density at radius 1 is 1.21 bits per heavy atom. The van der Waals surface area contributed by atoms with Gasteiger partial charge < -0.3 is 11.1 Å². The molecule has 0 aliphatic rings. The molecule has 2 aromatic carbocycles. The molecule has 3 N–H and O–H groups in total. The molecule has 0 aliphatic carbocycles. The molecule has 2 rings (SSSR count). The molecular formula is C22H24N4O2. The molecule has 0 heterocycles. The van der Waals surface area contributed by atoms with Crippen LogP contribution in [0.15, 0.2) is 60.3 Å². The van der Waals surface area contributed by atoms with Crippen molar-refractivity contribution in [2.45, 2.75) is 33.1 Å². The minimum absolute atomic E-state index is 0.187. The molecule has 0 atom stereocenters. The van der Waals surface area contributed by atoms with Gasteiger partial charge in [-0.1, -0.05) is 31.5 Å². The first-order chi connectivity index (χ1) is 13.4. The van der Waals surface area contributed by atoms with Crippen LogP contribution in [0, 0.1) is 11.3 Å². The molecule has 0 fully saturated rings. The molecule has 28 heavy (non-hydrogen) atoms. The zero-order valence-electron chi connectivity index (χ0n) is 16.1. The van der Waals surface area contributed by atoms with E-state index < -0.39 is 5.91 Å². The van der Waals surface area contributed by atoms with E-state index in [9.17, 15) is 14.9 Å². The van der Waals surface area contributed by atoms with Crippen molar-refractivity contribution in [3.63, 3.8) is 0 Å². The van der Waals surface area contributed by atoms with Gasteiger partial charge >= 0.3 is 0 Å². The number of amides is 2. The normalized spacial score (nSPS) is 10.8. The second kappa shape index (κ2) is 9.93. The number of unbranched alkanes of at least 4 members (excludes halogenated alkanes) is 1. The van der Waals surface area contributed by atoms with E-state index in [1.165, 1.54) is 23.6 Å². The third kappa shape index (κ3) is 5.71. The van der Waals surface area contributed by atoms with Gasteiger partial charge in [-0.3, -0.25) is 14.5 Å². The standard InChI is InChI=1S/C22H24N4O2/c1-3-4-6-17-9-11-20(12-10-17)25-22(28)18(14-23)15-26(16(2)27)21-8-5-7-19(24)13-21/h5,7-13,15H,3-4,6,24H2,1-2H3,(H,25,28)/b18-15-. The maximum atomic E-state index is 12.5. The van der Waals surface area contributed by atoms with Gasteiger partial charge in [0, 0.05) is 24.5 Å². The molecule has 0 bridgehead atoms. The van der Waals surface area contributed by atoms with Gasteiger partial charge in [0.1, 0.15) is 11.6 Å². The Balaban J connectivity index is 2.19. The number of carbonyl (C=O) groups is 2. The van der Waals surface area contributed by atoms with E-state index >= 15 is 0 Å². The van der Waals surface area contributed by atoms with E-state index in [-0.39, 0.29) is 11.5 Å². The molecule has 0 saturated carbocycles. The summed E-state index contributed by atoms with van der Waals surface area (Å²) in [5, 5.41) is 12.1. The maximum absolute atomic E-state index is 12.5. The van der Waals surface area contributed by atoms with Crippen molar-refractivity contribution in [3.05, 3.63) is 65.9 Å². The number of hydrogen-bond donors (Lipinski definition) is 2. The first-order valence-electron chi connectivity index (χ1n) is 9.12. The van der Waals surface area contributed by atoms with E-state index in [0.29, 0.717) is 17.1 Å². The summed E-state index contributed by atoms with van der Waals surface area (Å²) in [6, 6.07) is 16.0. The average Bonchev–Trinajstić information content (AvgIpc) is 2.67. The quantitative estimate of drug-likeness (QED) is 0.433. The van der Waals surface area contributed by atoms with Gasteiger partial charge in [0.25, 0.3) is 5.91 Å². The van der Waals surface area contributed by atoms with Crippen molar-refractivity contribution in [1.29, 1.82) is 5.26 Å². The molecule has 0 aromatic heterocycles. The number of nitriles is 1. The summed E-state index contributed by atoms with van der Waals surface area (Å²) >= 11 is 0. The zero-order valence-corrected chi connectivity index (χ0v) is 16.1. The number of benzene rings is 2. The van der Waals surface area contributed by atoms with Crippen LogP contribution in [0.1, 0.15) is 32.3 Å². The molecule has 0 radical (unpaired) electrons. The third-order valence-corrected chi connectivity index (χ3v) is 4.14. The Labute approximate surface area is 165 Å². The third-order valence-electron chi connectivity index (χ3n) is 4.14. The fraction of sp³-hybridized carbons (Fsp3) is 0.227. The van der Waals surface area contributed by atoms with E-state index in [1.807, 2.05) is 18.2 Å². The second-order valence-electron chi connectivity index (χ2n) is 6.39. The van der Waals surface area contributed by atoms with Gasteiger partial charge in [0.05, 0.1) is 5.69 Å². The largest absolute Gasteiger partial charge is 0.399 e. The monoisotopic (exact) mass is 376 g/mol. The SMILES string of the molecule is CCCCc1ccc(NC(=O)/C(C#N)=C\N(C(C)=O)c2cccc(N)c2)cc1. The lowest BCUT2D eigenvalue weighted by Gasteiger charge is -2.17. The van der Waals surface area contributed by atoms with Crippen LogP contribution in [-0.2, 0) is 16.0 Å². The van der Waals surface area contributed by atoms with Crippen molar-refractivity contribution in [1.82, 2.24) is 0 Å². The Bertz CT molecular complexity index is 911. The number of hydrogen-bond acceptors (Lipinski definition) is 4. The number of aryl methyl sites for hydroxylation is 1. The van der Waals surface area contributed by atoms with Crippen molar-refractivity contribution in [3.8, 4) is 6.07 Å². The smallest absolute Gasteiger partial charge is 0.267 e. The highest BCUT2D eigenvalue weighted by Crippen LogP contribution is 2.20. The minimum Gasteiger partial charge on any atom is -0.399 e. The number of rotatable bonds is 7. The Morgan fingerprint density at radius 3 is 2.50 bits per heavy atom. The summed E-state index contributed by atoms with van der Waals surface area (Å²) in [5.41, 5.74) is 8.31. The van der Waals surface area contributed by atoms with Crippen molar-refractivity contribution in [2.75, 3.05) is 16.0 Å². The van der Waals surface area contributed by atoms with E-state index in [4.69, 9.17) is 5.73 Å². The van der Waals surface area contributed by atoms with Crippen LogP contribution in [0.2, 0.25) is 0 Å². The highest BCUT2D eigenvalue weighted by Gasteiger charge is 2.15. The number of carbonyl (C=O) groups excluding carboxylic acids is 2. The molecule has 2 amide bonds. The van der Waals surface area contributed by atoms with Gasteiger partial charge in [-0.05, 0) is 48.7 Å². The molecule has 6 heteroatoms. The van der Waals surface area contributed by atoms with Gasteiger partial charge in [0.2, 0.25) is 5.91 Å². The highest BCUT2D eigenvalue weighted by atomic mass is 16.2. The Hall–Kier alpha value is -3.59. The van der Waals surface area contributed by atoms with Crippen LogP contribution in [0.5, 0.6) is 0 Å². The van der Waals surface area contributed by atoms with Crippen LogP contribution >= 0.6 is 0 Å². The number of nitrogens with one attached hydrogen (secondary N) is 1. The topological polar surface area (TPSA) is 99.2 Å². The van der Waals surface area contributed by atoms with Gasteiger partial charge in [0.15, 0.2) is 0 Å². The summed E-state index contributed by atoms with van der Waals surface area (Å²) < 4.78 is 0. The van der Waals surface area contributed by atoms with Gasteiger partial charge in [-0.15, -0.1) is 0 Å². The summed E-state index contributed by atoms with van der Waals surface area (Å²) in [4.78, 5) is 25.7. The number of nitrogens with zero attached hydrogens (tertiary/aromatic N) is 2. The van der Waals surface area contributed by atoms with Crippen LogP contribution in [-0.4, -0.2) is 11.8 Å². The molecule has 2 aromatic rings. The molecule has 0 saturated heterocycles. The first kappa shape index (κ1) is 20.7. The van der Waals surface area contributed by atoms with Crippen LogP contribution in [0.4, 0.5) is 17.1 Å². The van der Waals surface area contributed by atoms with E-state index in [0.717, 1.165) is 19.3 Å². The maximum Gasteiger partial charge on any atom is 0.267 e. The van der Waals surface area contributed by atoms with E-state index in [2.05, 4.69) is 12.2 Å². The van der Waals surface area contributed by atoms with Crippen molar-refractivity contribution >= 4 is 28.9 Å². The highest BCUT2D eigenvalue weighted by molar-refractivity contribution is 6.08. The van der Waals surface area contributed by atoms with Crippen LogP contribution < -0.4 is 16.0 Å². The second-order valence-corrected chi connectivity index (χ2v) is 6.39. The summed E-state index contributed by atoms with van der Waals surface area (Å²) in [6.45, 7) is 3.49. The summed E-state index contributed by atoms with van der Waals surface area (Å²) in [7, 11) is 0. The lowest BCUT2D eigenvalue weighted by Crippen LogP contribution is -2.25. The molecule has 144 valence electrons. The van der Waals surface area contributed by atoms with Crippen molar-refractivity contribution < 1.29 is 9.59 Å². The van der Waals surface area contributed by atoms with Crippen LogP contribution in [0.3, 0.4) is 0 Å². The number of nitrogens with two attached hydrogens (primary N) is 1. The Morgan fingerprint density at radius 2 is 1.93 bits per heavy atom. The fourth-order valence-corrected chi connectivity index (χ4v) is 2.62. The fourth-order valence-electron chi connectivity index (χ4n) is 2.62. The van der Waals surface area contributed by atoms with Crippen LogP contribution in [0.25, 0.3) is 0 Å². The first-order valence-corrected chi connectivity index (χ1v) is 9.12. The van der Waals surface area contributed by atoms with Gasteiger partial charge in [-0.25, -0.2) is 0 Å². The summed E-state index contributed by atoms with van der Waals surface area (Å²) in [5.74, 6) is -0.926. The van der Waals surface area contributed by atoms with Gasteiger partial charge in [-0.2, -0.15) is 5.26 Å². The predicted octanol–water partition coefficient (Wildman–Crippen LogP) is 4.01. The minimum atomic E-state index is -0.584. The Kier molecular flexibility index (Phi) is 7.35. The number of anilines is 3. The van der Waals surface area contributed by atoms with Crippen molar-refractivity contribution in [2.24, 2.45) is 0 Å². The lowest BCUT2D eigenvalue weighted by molar-refractivity contribution is -0.116. The molecular weight excluding hydrogens is 352 g/mol. The summed E-state index contributed by atoms with van der Waals surface area (Å²) in [6.07, 6.45) is 4.44. The van der Waals surface area contributed by atoms with E-state index in [1.54, 1.807) is 36.4 Å². The molecule has 0 unspecified atom stereocenters. The molecule has 6 nitrogen and oxygen atoms in total. The molecule has 0 spiro atoms. The lowest BCUT2D eigenvalue weighted by atomic mass is 10.1.